The third-order valence-electron chi connectivity index (χ3n) is 7.71. The maximum atomic E-state index is 13.9. The Labute approximate surface area is 262 Å². The van der Waals surface area contributed by atoms with Crippen LogP contribution in [0.4, 0.5) is 5.69 Å². The molecule has 1 atom stereocenters. The number of nitrogens with zero attached hydrogens (tertiary/aromatic N) is 3. The number of aryl methyl sites for hydroxylation is 1. The van der Waals surface area contributed by atoms with E-state index in [4.69, 9.17) is 9.47 Å². The Morgan fingerprint density at radius 3 is 2.56 bits per heavy atom. The number of ether oxygens (including phenoxy) is 2. The van der Waals surface area contributed by atoms with Gasteiger partial charge in [-0.3, -0.25) is 19.5 Å². The Balaban J connectivity index is 1.35. The van der Waals surface area contributed by atoms with Gasteiger partial charge in [-0.2, -0.15) is 0 Å². The molecule has 1 aromatic heterocycles. The molecule has 1 aliphatic rings. The van der Waals surface area contributed by atoms with Gasteiger partial charge < -0.3 is 9.47 Å². The van der Waals surface area contributed by atoms with Gasteiger partial charge in [-0.15, -0.1) is 0 Å². The maximum Gasteiger partial charge on any atom is 0.338 e. The molecule has 10 heteroatoms. The molecule has 9 nitrogen and oxygen atoms in total. The Morgan fingerprint density at radius 2 is 1.80 bits per heavy atom. The van der Waals surface area contributed by atoms with Crippen molar-refractivity contribution in [1.82, 2.24) is 4.57 Å². The van der Waals surface area contributed by atoms with Crippen LogP contribution >= 0.6 is 11.3 Å². The Bertz CT molecular complexity index is 2170. The minimum atomic E-state index is -0.938. The molecule has 0 spiro atoms. The molecule has 0 aliphatic carbocycles. The molecule has 6 rings (SSSR count). The van der Waals surface area contributed by atoms with Crippen LogP contribution in [0.25, 0.3) is 16.8 Å². The molecule has 0 fully saturated rings. The van der Waals surface area contributed by atoms with E-state index in [1.54, 1.807) is 39.0 Å². The number of carbonyl (C=O) groups is 1. The highest BCUT2D eigenvalue weighted by Crippen LogP contribution is 2.33. The molecule has 0 unspecified atom stereocenters. The molecular formula is C35H29N3O6S. The Morgan fingerprint density at radius 1 is 1.04 bits per heavy atom. The van der Waals surface area contributed by atoms with Crippen molar-refractivity contribution in [2.45, 2.75) is 33.4 Å². The lowest BCUT2D eigenvalue weighted by atomic mass is 9.94. The quantitative estimate of drug-likeness (QED) is 0.124. The van der Waals surface area contributed by atoms with Crippen molar-refractivity contribution in [3.63, 3.8) is 0 Å². The van der Waals surface area contributed by atoms with Crippen molar-refractivity contribution in [3.8, 4) is 5.75 Å². The van der Waals surface area contributed by atoms with Crippen molar-refractivity contribution in [1.29, 1.82) is 0 Å². The summed E-state index contributed by atoms with van der Waals surface area (Å²) >= 11 is 1.19. The lowest BCUT2D eigenvalue weighted by Crippen LogP contribution is -2.40. The second-order valence-corrected chi connectivity index (χ2v) is 11.6. The van der Waals surface area contributed by atoms with Crippen LogP contribution in [0.3, 0.4) is 0 Å². The zero-order chi connectivity index (χ0) is 31.7. The average Bonchev–Trinajstić information content (AvgIpc) is 3.33. The van der Waals surface area contributed by atoms with Crippen molar-refractivity contribution in [2.24, 2.45) is 4.99 Å². The van der Waals surface area contributed by atoms with E-state index in [9.17, 15) is 19.7 Å². The first-order chi connectivity index (χ1) is 21.7. The van der Waals surface area contributed by atoms with Gasteiger partial charge in [-0.25, -0.2) is 9.79 Å². The summed E-state index contributed by atoms with van der Waals surface area (Å²) in [6.45, 7) is 5.55. The summed E-state index contributed by atoms with van der Waals surface area (Å²) in [6.07, 6.45) is 1.76. The fourth-order valence-corrected chi connectivity index (χ4v) is 6.54. The summed E-state index contributed by atoms with van der Waals surface area (Å²) in [5.41, 5.74) is 2.85. The smallest absolute Gasteiger partial charge is 0.338 e. The predicted octanol–water partition coefficient (Wildman–Crippen LogP) is 5.75. The third-order valence-corrected chi connectivity index (χ3v) is 8.70. The van der Waals surface area contributed by atoms with Crippen LogP contribution in [0.5, 0.6) is 5.75 Å². The maximum absolute atomic E-state index is 13.9. The summed E-state index contributed by atoms with van der Waals surface area (Å²) in [5, 5.41) is 14.1. The number of aromatic nitrogens is 1. The van der Waals surface area contributed by atoms with Crippen molar-refractivity contribution < 1.29 is 19.2 Å². The molecule has 5 aromatic rings. The Kier molecular flexibility index (Phi) is 8.14. The number of thiazole rings is 1. The molecule has 4 aromatic carbocycles. The van der Waals surface area contributed by atoms with Crippen LogP contribution < -0.4 is 19.6 Å². The van der Waals surface area contributed by atoms with Crippen LogP contribution in [-0.4, -0.2) is 22.1 Å². The van der Waals surface area contributed by atoms with Gasteiger partial charge >= 0.3 is 5.97 Å². The number of allylic oxidation sites excluding steroid dienone is 1. The van der Waals surface area contributed by atoms with Gasteiger partial charge in [0.1, 0.15) is 12.4 Å². The molecule has 1 aliphatic heterocycles. The van der Waals surface area contributed by atoms with E-state index in [2.05, 4.69) is 23.2 Å². The molecule has 0 bridgehead atoms. The molecule has 0 saturated heterocycles. The number of hydrogen-bond acceptors (Lipinski definition) is 8. The number of benzene rings is 4. The van der Waals surface area contributed by atoms with Gasteiger partial charge in [0.2, 0.25) is 0 Å². The molecule has 0 N–H and O–H groups in total. The normalized spacial score (nSPS) is 14.6. The van der Waals surface area contributed by atoms with Gasteiger partial charge in [0.25, 0.3) is 11.2 Å². The molecule has 2 heterocycles. The second kappa shape index (κ2) is 12.3. The fourth-order valence-electron chi connectivity index (χ4n) is 5.49. The van der Waals surface area contributed by atoms with E-state index in [0.29, 0.717) is 38.5 Å². The van der Waals surface area contributed by atoms with E-state index < -0.39 is 16.9 Å². The summed E-state index contributed by atoms with van der Waals surface area (Å²) < 4.78 is 13.2. The number of fused-ring (bicyclic) bond motifs is 2. The highest BCUT2D eigenvalue weighted by molar-refractivity contribution is 7.07. The number of esters is 1. The van der Waals surface area contributed by atoms with Crippen LogP contribution in [0.2, 0.25) is 0 Å². The molecular weight excluding hydrogens is 590 g/mol. The summed E-state index contributed by atoms with van der Waals surface area (Å²) in [6, 6.07) is 25.5. The zero-order valence-corrected chi connectivity index (χ0v) is 25.7. The minimum absolute atomic E-state index is 0.102. The molecule has 0 amide bonds. The summed E-state index contributed by atoms with van der Waals surface area (Å²) in [7, 11) is 0. The number of nitro benzene ring substituents is 1. The fraction of sp³-hybridized carbons (Fsp3) is 0.171. The van der Waals surface area contributed by atoms with Crippen molar-refractivity contribution in [3.05, 3.63) is 148 Å². The van der Waals surface area contributed by atoms with Crippen LogP contribution in [-0.2, 0) is 16.1 Å². The largest absolute Gasteiger partial charge is 0.489 e. The number of rotatable bonds is 8. The average molecular weight is 620 g/mol. The van der Waals surface area contributed by atoms with Crippen molar-refractivity contribution >= 4 is 39.8 Å². The lowest BCUT2D eigenvalue weighted by molar-refractivity contribution is -0.385. The first-order valence-electron chi connectivity index (χ1n) is 14.4. The lowest BCUT2D eigenvalue weighted by Gasteiger charge is -2.24. The first kappa shape index (κ1) is 29.7. The highest BCUT2D eigenvalue weighted by atomic mass is 32.1. The molecule has 45 heavy (non-hydrogen) atoms. The van der Waals surface area contributed by atoms with Gasteiger partial charge in [-0.05, 0) is 66.4 Å². The molecule has 0 radical (unpaired) electrons. The summed E-state index contributed by atoms with van der Waals surface area (Å²) in [5.74, 6) is 0.0672. The van der Waals surface area contributed by atoms with Crippen LogP contribution in [0.1, 0.15) is 42.1 Å². The number of nitro groups is 1. The van der Waals surface area contributed by atoms with E-state index in [0.717, 1.165) is 21.9 Å². The van der Waals surface area contributed by atoms with E-state index in [-0.39, 0.29) is 23.4 Å². The molecule has 226 valence electrons. The molecule has 0 saturated carbocycles. The second-order valence-electron chi connectivity index (χ2n) is 10.6. The van der Waals surface area contributed by atoms with E-state index >= 15 is 0 Å². The van der Waals surface area contributed by atoms with Crippen LogP contribution in [0.15, 0.2) is 106 Å². The monoisotopic (exact) mass is 619 g/mol. The topological polar surface area (TPSA) is 113 Å². The first-order valence-corrected chi connectivity index (χ1v) is 15.2. The van der Waals surface area contributed by atoms with Crippen LogP contribution in [0, 0.1) is 17.0 Å². The SMILES string of the molecule is CCOC(=O)C1=C(C)N=c2s/c(=C/c3ccc(OCc4cccc5ccccc45)cc3)c(=O)n2[C@H]1c1ccc(C)c([N+](=O)[O-])c1. The highest BCUT2D eigenvalue weighted by Gasteiger charge is 2.34. The zero-order valence-electron chi connectivity index (χ0n) is 24.9. The van der Waals surface area contributed by atoms with Gasteiger partial charge in [0, 0.05) is 11.6 Å². The van der Waals surface area contributed by atoms with E-state index in [1.165, 1.54) is 22.0 Å². The number of hydrogen-bond donors (Lipinski definition) is 0. The van der Waals surface area contributed by atoms with Crippen molar-refractivity contribution in [2.75, 3.05) is 6.61 Å². The van der Waals surface area contributed by atoms with Gasteiger partial charge in [0.05, 0.1) is 33.4 Å². The third kappa shape index (κ3) is 5.80. The Hall–Kier alpha value is -5.35. The minimum Gasteiger partial charge on any atom is -0.489 e. The summed E-state index contributed by atoms with van der Waals surface area (Å²) in [4.78, 5) is 43.3. The number of carbonyl (C=O) groups excluding carboxylic acids is 1. The standard InChI is InChI=1S/C35H29N3O6S/c1-4-43-34(40)31-22(3)36-35-37(32(31)25-15-12-21(2)29(19-25)38(41)42)33(39)30(45-35)18-23-13-16-27(17-14-23)44-20-26-10-7-9-24-8-5-6-11-28(24)26/h5-19,32H,4,20H2,1-3H3/b30-18+/t32-/m0/s1. The van der Waals surface area contributed by atoms with Gasteiger partial charge in [-0.1, -0.05) is 78.1 Å². The predicted molar refractivity (Wildman–Crippen MR) is 173 cm³/mol. The van der Waals surface area contributed by atoms with E-state index in [1.807, 2.05) is 48.5 Å². The van der Waals surface area contributed by atoms with Gasteiger partial charge in [0.15, 0.2) is 4.80 Å².